The van der Waals surface area contributed by atoms with Crippen LogP contribution in [-0.4, -0.2) is 48.1 Å². The van der Waals surface area contributed by atoms with E-state index in [-0.39, 0.29) is 17.4 Å². The third-order valence-corrected chi connectivity index (χ3v) is 5.26. The fraction of sp³-hybridized carbons (Fsp3) is 0.360. The Morgan fingerprint density at radius 3 is 2.45 bits per heavy atom. The van der Waals surface area contributed by atoms with Crippen LogP contribution in [0.4, 0.5) is 0 Å². The summed E-state index contributed by atoms with van der Waals surface area (Å²) in [6.07, 6.45) is 0.689. The molecule has 31 heavy (non-hydrogen) atoms. The molecule has 1 aliphatic rings. The van der Waals surface area contributed by atoms with Crippen LogP contribution >= 0.6 is 0 Å². The summed E-state index contributed by atoms with van der Waals surface area (Å²) in [5.41, 5.74) is 2.36. The lowest BCUT2D eigenvalue weighted by Crippen LogP contribution is -2.31. The smallest absolute Gasteiger partial charge is 0.295 e. The van der Waals surface area contributed by atoms with Gasteiger partial charge in [-0.3, -0.25) is 9.59 Å². The van der Waals surface area contributed by atoms with Gasteiger partial charge in [0, 0.05) is 18.7 Å². The fourth-order valence-corrected chi connectivity index (χ4v) is 3.76. The molecule has 1 fully saturated rings. The Hall–Kier alpha value is -3.12. The number of nitrogens with zero attached hydrogens (tertiary/aromatic N) is 1. The Morgan fingerprint density at radius 2 is 1.84 bits per heavy atom. The van der Waals surface area contributed by atoms with Crippen molar-refractivity contribution in [2.45, 2.75) is 39.3 Å². The third-order valence-electron chi connectivity index (χ3n) is 5.26. The molecule has 1 unspecified atom stereocenters. The number of aliphatic hydroxyl groups excluding tert-OH is 1. The van der Waals surface area contributed by atoms with Crippen molar-refractivity contribution in [3.05, 3.63) is 70.8 Å². The van der Waals surface area contributed by atoms with E-state index < -0.39 is 17.7 Å². The molecule has 1 N–H and O–H groups in total. The predicted octanol–water partition coefficient (Wildman–Crippen LogP) is 4.24. The molecule has 164 valence electrons. The molecule has 0 aliphatic carbocycles. The minimum Gasteiger partial charge on any atom is -0.507 e. The van der Waals surface area contributed by atoms with Crippen LogP contribution in [0.3, 0.4) is 0 Å². The summed E-state index contributed by atoms with van der Waals surface area (Å²) in [6.45, 7) is 6.70. The summed E-state index contributed by atoms with van der Waals surface area (Å²) in [5.74, 6) is -0.832. The topological polar surface area (TPSA) is 76.1 Å². The first kappa shape index (κ1) is 22.6. The van der Waals surface area contributed by atoms with Crippen LogP contribution in [-0.2, 0) is 14.3 Å². The number of benzene rings is 2. The number of aryl methyl sites for hydroxylation is 1. The van der Waals surface area contributed by atoms with E-state index in [1.54, 1.807) is 31.4 Å². The number of likely N-dealkylation sites (tertiary alicyclic amines) is 1. The minimum absolute atomic E-state index is 0.0954. The highest BCUT2D eigenvalue weighted by Gasteiger charge is 2.45. The number of Topliss-reactive ketones (excluding diaryl/α,β-unsaturated/α-hetero) is 1. The highest BCUT2D eigenvalue weighted by Crippen LogP contribution is 2.39. The molecule has 1 saturated heterocycles. The van der Waals surface area contributed by atoms with Gasteiger partial charge in [0.1, 0.15) is 11.5 Å². The maximum Gasteiger partial charge on any atom is 0.295 e. The van der Waals surface area contributed by atoms with Gasteiger partial charge in [0.2, 0.25) is 0 Å². The van der Waals surface area contributed by atoms with Crippen molar-refractivity contribution in [2.24, 2.45) is 0 Å². The molecule has 2 aromatic carbocycles. The molecule has 1 amide bonds. The van der Waals surface area contributed by atoms with Crippen LogP contribution in [0.15, 0.2) is 54.1 Å². The zero-order valence-corrected chi connectivity index (χ0v) is 18.4. The zero-order valence-electron chi connectivity index (χ0n) is 18.4. The molecular weight excluding hydrogens is 394 g/mol. The van der Waals surface area contributed by atoms with Crippen molar-refractivity contribution in [3.8, 4) is 5.75 Å². The number of hydrogen-bond acceptors (Lipinski definition) is 5. The maximum absolute atomic E-state index is 13.0. The van der Waals surface area contributed by atoms with Crippen LogP contribution in [0.2, 0.25) is 0 Å². The van der Waals surface area contributed by atoms with Gasteiger partial charge < -0.3 is 19.5 Å². The summed E-state index contributed by atoms with van der Waals surface area (Å²) in [4.78, 5) is 27.5. The zero-order chi connectivity index (χ0) is 22.5. The summed E-state index contributed by atoms with van der Waals surface area (Å²) < 4.78 is 10.8. The lowest BCUT2D eigenvalue weighted by molar-refractivity contribution is -0.140. The molecular formula is C25H29NO5. The van der Waals surface area contributed by atoms with Gasteiger partial charge in [-0.05, 0) is 57.0 Å². The molecule has 0 bridgehead atoms. The highest BCUT2D eigenvalue weighted by atomic mass is 16.5. The minimum atomic E-state index is -0.676. The second-order valence-electron chi connectivity index (χ2n) is 7.91. The van der Waals surface area contributed by atoms with Gasteiger partial charge in [0.15, 0.2) is 0 Å². The average molecular weight is 424 g/mol. The quantitative estimate of drug-likeness (QED) is 0.297. The van der Waals surface area contributed by atoms with E-state index >= 15 is 0 Å². The van der Waals surface area contributed by atoms with E-state index in [4.69, 9.17) is 9.47 Å². The fourth-order valence-electron chi connectivity index (χ4n) is 3.76. The van der Waals surface area contributed by atoms with Gasteiger partial charge in [-0.15, -0.1) is 0 Å². The van der Waals surface area contributed by atoms with E-state index in [9.17, 15) is 14.7 Å². The van der Waals surface area contributed by atoms with Crippen molar-refractivity contribution >= 4 is 17.4 Å². The molecule has 0 radical (unpaired) electrons. The predicted molar refractivity (Wildman–Crippen MR) is 119 cm³/mol. The summed E-state index contributed by atoms with van der Waals surface area (Å²) in [7, 11) is 1.56. The average Bonchev–Trinajstić information content (AvgIpc) is 3.01. The van der Waals surface area contributed by atoms with Crippen molar-refractivity contribution < 1.29 is 24.2 Å². The molecule has 1 heterocycles. The molecule has 6 nitrogen and oxygen atoms in total. The number of hydrogen-bond donors (Lipinski definition) is 1. The molecule has 1 aliphatic heterocycles. The monoisotopic (exact) mass is 423 g/mol. The van der Waals surface area contributed by atoms with E-state index in [0.29, 0.717) is 30.9 Å². The van der Waals surface area contributed by atoms with E-state index in [1.807, 2.05) is 45.0 Å². The van der Waals surface area contributed by atoms with Crippen LogP contribution in [0, 0.1) is 6.92 Å². The Balaban J connectivity index is 2.02. The largest absolute Gasteiger partial charge is 0.507 e. The molecule has 3 rings (SSSR count). The van der Waals surface area contributed by atoms with Crippen molar-refractivity contribution in [1.29, 1.82) is 0 Å². The van der Waals surface area contributed by atoms with Gasteiger partial charge in [0.05, 0.1) is 24.8 Å². The number of rotatable bonds is 8. The van der Waals surface area contributed by atoms with Crippen molar-refractivity contribution in [2.75, 3.05) is 20.3 Å². The van der Waals surface area contributed by atoms with Gasteiger partial charge in [-0.1, -0.05) is 29.8 Å². The Bertz CT molecular complexity index is 978. The number of carbonyl (C=O) groups is 2. The number of aliphatic hydroxyl groups is 1. The molecule has 2 aromatic rings. The van der Waals surface area contributed by atoms with Gasteiger partial charge in [-0.2, -0.15) is 0 Å². The van der Waals surface area contributed by atoms with Gasteiger partial charge in [0.25, 0.3) is 11.7 Å². The lowest BCUT2D eigenvalue weighted by atomic mass is 9.94. The summed E-state index contributed by atoms with van der Waals surface area (Å²) in [6, 6.07) is 13.8. The molecule has 1 atom stereocenters. The standard InChI is InChI=1S/C25H29NO5/c1-16(2)31-14-6-13-26-22(19-8-5-7-17(3)15-19)21(24(28)25(26)29)23(27)18-9-11-20(30-4)12-10-18/h5,7-12,15-16,22,27H,6,13-14H2,1-4H3/b23-21-. The molecule has 0 spiro atoms. The first-order valence-corrected chi connectivity index (χ1v) is 10.4. The van der Waals surface area contributed by atoms with Crippen molar-refractivity contribution in [3.63, 3.8) is 0 Å². The second-order valence-corrected chi connectivity index (χ2v) is 7.91. The van der Waals surface area contributed by atoms with E-state index in [2.05, 4.69) is 0 Å². The van der Waals surface area contributed by atoms with Crippen LogP contribution in [0.1, 0.15) is 43.0 Å². The van der Waals surface area contributed by atoms with Crippen LogP contribution < -0.4 is 4.74 Å². The van der Waals surface area contributed by atoms with E-state index in [0.717, 1.165) is 11.1 Å². The maximum atomic E-state index is 13.0. The molecule has 6 heteroatoms. The third kappa shape index (κ3) is 4.97. The number of methoxy groups -OCH3 is 1. The Morgan fingerprint density at radius 1 is 1.13 bits per heavy atom. The molecule has 0 saturated carbocycles. The highest BCUT2D eigenvalue weighted by molar-refractivity contribution is 6.46. The Kier molecular flexibility index (Phi) is 7.13. The first-order chi connectivity index (χ1) is 14.8. The van der Waals surface area contributed by atoms with Gasteiger partial charge >= 0.3 is 0 Å². The summed E-state index contributed by atoms with van der Waals surface area (Å²) in [5, 5.41) is 11.0. The number of amides is 1. The summed E-state index contributed by atoms with van der Waals surface area (Å²) >= 11 is 0. The van der Waals surface area contributed by atoms with Crippen molar-refractivity contribution in [1.82, 2.24) is 4.90 Å². The SMILES string of the molecule is COc1ccc(/C(O)=C2/C(=O)C(=O)N(CCCOC(C)C)C2c2cccc(C)c2)cc1. The van der Waals surface area contributed by atoms with E-state index in [1.165, 1.54) is 4.90 Å². The number of carbonyl (C=O) groups excluding carboxylic acids is 2. The lowest BCUT2D eigenvalue weighted by Gasteiger charge is -2.25. The van der Waals surface area contributed by atoms with Crippen LogP contribution in [0.25, 0.3) is 5.76 Å². The van der Waals surface area contributed by atoms with Crippen LogP contribution in [0.5, 0.6) is 5.75 Å². The Labute approximate surface area is 183 Å². The molecule has 0 aromatic heterocycles. The van der Waals surface area contributed by atoms with Gasteiger partial charge in [-0.25, -0.2) is 0 Å². The first-order valence-electron chi connectivity index (χ1n) is 10.4. The number of ketones is 1. The second kappa shape index (κ2) is 9.79. The number of ether oxygens (including phenoxy) is 2. The normalized spacial score (nSPS) is 18.1.